The normalized spacial score (nSPS) is 16.9. The number of nitrogens with zero attached hydrogens (tertiary/aromatic N) is 1. The lowest BCUT2D eigenvalue weighted by Gasteiger charge is -2.25. The summed E-state index contributed by atoms with van der Waals surface area (Å²) in [5.41, 5.74) is 1.54. The molecule has 0 spiro atoms. The van der Waals surface area contributed by atoms with E-state index in [-0.39, 0.29) is 18.4 Å². The molecule has 2 amide bonds. The molecule has 148 valence electrons. The molecule has 2 aromatic carbocycles. The molecule has 0 radical (unpaired) electrons. The number of amides is 2. The molecule has 0 saturated carbocycles. The fourth-order valence-electron chi connectivity index (χ4n) is 3.35. The molecule has 6 nitrogen and oxygen atoms in total. The van der Waals surface area contributed by atoms with Crippen LogP contribution in [0.2, 0.25) is 0 Å². The molecule has 1 fully saturated rings. The number of anilines is 1. The zero-order valence-corrected chi connectivity index (χ0v) is 16.2. The Morgan fingerprint density at radius 2 is 1.86 bits per heavy atom. The highest BCUT2D eigenvalue weighted by Gasteiger charge is 2.35. The summed E-state index contributed by atoms with van der Waals surface area (Å²) in [5.74, 6) is -0.175. The highest BCUT2D eigenvalue weighted by Crippen LogP contribution is 2.30. The van der Waals surface area contributed by atoms with E-state index in [1.165, 1.54) is 0 Å². The van der Waals surface area contributed by atoms with E-state index >= 15 is 0 Å². The van der Waals surface area contributed by atoms with Gasteiger partial charge in [-0.2, -0.15) is 0 Å². The van der Waals surface area contributed by atoms with Crippen LogP contribution in [0.15, 0.2) is 54.6 Å². The molecule has 2 aromatic rings. The number of hydrogen-bond acceptors (Lipinski definition) is 4. The third kappa shape index (κ3) is 5.33. The van der Waals surface area contributed by atoms with E-state index in [4.69, 9.17) is 4.74 Å². The molecule has 1 heterocycles. The number of ether oxygens (including phenoxy) is 1. The van der Waals surface area contributed by atoms with Gasteiger partial charge < -0.3 is 14.7 Å². The Bertz CT molecular complexity index is 813. The number of nitrogens with one attached hydrogen (secondary N) is 1. The molecule has 0 aliphatic carbocycles. The van der Waals surface area contributed by atoms with Gasteiger partial charge in [0.15, 0.2) is 0 Å². The van der Waals surface area contributed by atoms with Crippen molar-refractivity contribution in [3.63, 3.8) is 0 Å². The number of benzene rings is 2. The summed E-state index contributed by atoms with van der Waals surface area (Å²) in [4.78, 5) is 26.2. The summed E-state index contributed by atoms with van der Waals surface area (Å²) in [5, 5.41) is 12.6. The van der Waals surface area contributed by atoms with Gasteiger partial charge in [0.2, 0.25) is 5.91 Å². The Kier molecular flexibility index (Phi) is 5.99. The molecule has 1 saturated heterocycles. The summed E-state index contributed by atoms with van der Waals surface area (Å²) in [6.45, 7) is 4.57. The van der Waals surface area contributed by atoms with Gasteiger partial charge in [-0.1, -0.05) is 42.5 Å². The highest BCUT2D eigenvalue weighted by atomic mass is 16.5. The first-order valence-electron chi connectivity index (χ1n) is 9.41. The predicted octanol–water partition coefficient (Wildman–Crippen LogP) is 3.52. The minimum Gasteiger partial charge on any atom is -0.444 e. The second-order valence-electron chi connectivity index (χ2n) is 7.72. The quantitative estimate of drug-likeness (QED) is 0.801. The average Bonchev–Trinajstić information content (AvgIpc) is 3.00. The van der Waals surface area contributed by atoms with Crippen LogP contribution in [0.4, 0.5) is 10.5 Å². The maximum absolute atomic E-state index is 12.6. The van der Waals surface area contributed by atoms with Crippen molar-refractivity contribution >= 4 is 17.7 Å². The maximum Gasteiger partial charge on any atom is 0.411 e. The Labute approximate surface area is 165 Å². The van der Waals surface area contributed by atoms with Crippen LogP contribution in [0.5, 0.6) is 0 Å². The Hall–Kier alpha value is -2.86. The van der Waals surface area contributed by atoms with E-state index in [0.29, 0.717) is 18.8 Å². The van der Waals surface area contributed by atoms with Crippen molar-refractivity contribution in [1.29, 1.82) is 0 Å². The van der Waals surface area contributed by atoms with Crippen molar-refractivity contribution in [2.75, 3.05) is 18.4 Å². The molecule has 6 heteroatoms. The first-order valence-corrected chi connectivity index (χ1v) is 9.41. The van der Waals surface area contributed by atoms with E-state index in [2.05, 4.69) is 5.32 Å². The molecule has 1 aliphatic heterocycles. The number of carbonyl (C=O) groups excluding carboxylic acids is 2. The number of aliphatic hydroxyl groups is 1. The maximum atomic E-state index is 12.6. The second kappa shape index (κ2) is 8.44. The zero-order valence-electron chi connectivity index (χ0n) is 16.2. The van der Waals surface area contributed by atoms with Gasteiger partial charge >= 0.3 is 6.09 Å². The zero-order chi connectivity index (χ0) is 20.1. The summed E-state index contributed by atoms with van der Waals surface area (Å²) in [6, 6.07) is 16.7. The molecular formula is C22H26N2O4. The Morgan fingerprint density at radius 1 is 1.18 bits per heavy atom. The molecule has 0 bridgehead atoms. The van der Waals surface area contributed by atoms with E-state index in [1.807, 2.05) is 42.5 Å². The predicted molar refractivity (Wildman–Crippen MR) is 107 cm³/mol. The van der Waals surface area contributed by atoms with Gasteiger partial charge in [0, 0.05) is 18.8 Å². The van der Waals surface area contributed by atoms with Crippen LogP contribution in [-0.2, 0) is 16.1 Å². The second-order valence-corrected chi connectivity index (χ2v) is 7.72. The summed E-state index contributed by atoms with van der Waals surface area (Å²) in [6.07, 6.45) is 0.200. The van der Waals surface area contributed by atoms with E-state index < -0.39 is 11.7 Å². The van der Waals surface area contributed by atoms with Crippen molar-refractivity contribution < 1.29 is 19.4 Å². The fraction of sp³-hybridized carbons (Fsp3) is 0.364. The van der Waals surface area contributed by atoms with Gasteiger partial charge in [0.05, 0.1) is 11.5 Å². The summed E-state index contributed by atoms with van der Waals surface area (Å²) < 4.78 is 5.21. The van der Waals surface area contributed by atoms with Gasteiger partial charge in [0.1, 0.15) is 6.61 Å². The molecular weight excluding hydrogens is 356 g/mol. The first-order chi connectivity index (χ1) is 13.3. The van der Waals surface area contributed by atoms with Crippen molar-refractivity contribution in [2.24, 2.45) is 0 Å². The van der Waals surface area contributed by atoms with Crippen LogP contribution in [0, 0.1) is 0 Å². The summed E-state index contributed by atoms with van der Waals surface area (Å²) in [7, 11) is 0. The van der Waals surface area contributed by atoms with E-state index in [9.17, 15) is 14.7 Å². The number of β-amino-alcohol motifs (C(OH)–C–C–N with tert-alkyl or cyclic N) is 1. The van der Waals surface area contributed by atoms with Gasteiger partial charge in [-0.25, -0.2) is 4.79 Å². The Balaban J connectivity index is 1.53. The molecule has 1 unspecified atom stereocenters. The van der Waals surface area contributed by atoms with Crippen LogP contribution >= 0.6 is 0 Å². The molecule has 0 aromatic heterocycles. The standard InChI is InChI=1S/C22H26N2O4/c1-22(2,27)15-24-13-12-19(20(24)25)17-8-10-18(11-9-17)23-21(26)28-14-16-6-4-3-5-7-16/h3-11,19,27H,12-15H2,1-2H3,(H,23,26). The van der Waals surface area contributed by atoms with E-state index in [1.54, 1.807) is 30.9 Å². The van der Waals surface area contributed by atoms with Crippen molar-refractivity contribution in [3.8, 4) is 0 Å². The van der Waals surface area contributed by atoms with Gasteiger partial charge in [0.25, 0.3) is 0 Å². The smallest absolute Gasteiger partial charge is 0.411 e. The molecule has 3 rings (SSSR count). The topological polar surface area (TPSA) is 78.9 Å². The van der Waals surface area contributed by atoms with Gasteiger partial charge in [-0.3, -0.25) is 10.1 Å². The van der Waals surface area contributed by atoms with E-state index in [0.717, 1.165) is 17.5 Å². The third-order valence-electron chi connectivity index (χ3n) is 4.65. The number of rotatable bonds is 6. The van der Waals surface area contributed by atoms with Crippen LogP contribution in [0.1, 0.15) is 37.3 Å². The van der Waals surface area contributed by atoms with Gasteiger partial charge in [-0.05, 0) is 43.5 Å². The number of carbonyl (C=O) groups is 2. The van der Waals surface area contributed by atoms with Crippen molar-refractivity contribution in [3.05, 3.63) is 65.7 Å². The average molecular weight is 382 g/mol. The lowest BCUT2D eigenvalue weighted by molar-refractivity contribution is -0.131. The lowest BCUT2D eigenvalue weighted by Crippen LogP contribution is -2.39. The van der Waals surface area contributed by atoms with Gasteiger partial charge in [-0.15, -0.1) is 0 Å². The number of likely N-dealkylation sites (tertiary alicyclic amines) is 1. The first kappa shape index (κ1) is 19.9. The van der Waals surface area contributed by atoms with Crippen LogP contribution in [-0.4, -0.2) is 40.7 Å². The minimum atomic E-state index is -0.904. The van der Waals surface area contributed by atoms with Crippen LogP contribution < -0.4 is 5.32 Å². The molecule has 1 atom stereocenters. The van der Waals surface area contributed by atoms with Crippen molar-refractivity contribution in [2.45, 2.75) is 38.4 Å². The minimum absolute atomic E-state index is 0.0325. The van der Waals surface area contributed by atoms with Crippen molar-refractivity contribution in [1.82, 2.24) is 4.90 Å². The highest BCUT2D eigenvalue weighted by molar-refractivity contribution is 5.87. The molecule has 1 aliphatic rings. The fourth-order valence-corrected chi connectivity index (χ4v) is 3.35. The molecule has 2 N–H and O–H groups in total. The lowest BCUT2D eigenvalue weighted by atomic mass is 9.97. The monoisotopic (exact) mass is 382 g/mol. The Morgan fingerprint density at radius 3 is 2.50 bits per heavy atom. The third-order valence-corrected chi connectivity index (χ3v) is 4.65. The SMILES string of the molecule is CC(C)(O)CN1CCC(c2ccc(NC(=O)OCc3ccccc3)cc2)C1=O. The summed E-state index contributed by atoms with van der Waals surface area (Å²) >= 11 is 0. The number of hydrogen-bond donors (Lipinski definition) is 2. The molecule has 28 heavy (non-hydrogen) atoms. The van der Waals surface area contributed by atoms with Crippen LogP contribution in [0.25, 0.3) is 0 Å². The largest absolute Gasteiger partial charge is 0.444 e. The van der Waals surface area contributed by atoms with Crippen LogP contribution in [0.3, 0.4) is 0 Å².